The first-order valence-corrected chi connectivity index (χ1v) is 9.38. The van der Waals surface area contributed by atoms with E-state index in [0.29, 0.717) is 12.0 Å². The van der Waals surface area contributed by atoms with E-state index >= 15 is 0 Å². The summed E-state index contributed by atoms with van der Waals surface area (Å²) in [6, 6.07) is 7.14. The minimum absolute atomic E-state index is 0.0712. The quantitative estimate of drug-likeness (QED) is 0.458. The van der Waals surface area contributed by atoms with Gasteiger partial charge in [-0.1, -0.05) is 33.1 Å². The zero-order valence-corrected chi connectivity index (χ0v) is 16.2. The highest BCUT2D eigenvalue weighted by Gasteiger charge is 2.09. The summed E-state index contributed by atoms with van der Waals surface area (Å²) in [5.41, 5.74) is 1.33. The minimum atomic E-state index is -0.0936. The van der Waals surface area contributed by atoms with Crippen LogP contribution >= 0.6 is 12.2 Å². The summed E-state index contributed by atoms with van der Waals surface area (Å²) in [4.78, 5) is 23.8. The van der Waals surface area contributed by atoms with Crippen LogP contribution in [0.1, 0.15) is 69.7 Å². The third-order valence-electron chi connectivity index (χ3n) is 3.91. The number of carbonyl (C=O) groups excluding carboxylic acids is 2. The first kappa shape index (κ1) is 21.1. The number of carbonyl (C=O) groups is 2. The molecule has 0 aliphatic heterocycles. The maximum absolute atomic E-state index is 12.0. The highest BCUT2D eigenvalue weighted by atomic mass is 32.1. The van der Waals surface area contributed by atoms with Crippen molar-refractivity contribution < 1.29 is 9.59 Å². The number of anilines is 1. The second kappa shape index (κ2) is 11.6. The number of amides is 2. The summed E-state index contributed by atoms with van der Waals surface area (Å²) in [5.74, 6) is -0.165. The molecule has 25 heavy (non-hydrogen) atoms. The largest absolute Gasteiger partial charge is 0.350 e. The van der Waals surface area contributed by atoms with Crippen molar-refractivity contribution in [3.63, 3.8) is 0 Å². The number of hydrogen-bond acceptors (Lipinski definition) is 3. The third-order valence-corrected chi connectivity index (χ3v) is 4.11. The van der Waals surface area contributed by atoms with Gasteiger partial charge in [-0.05, 0) is 56.2 Å². The summed E-state index contributed by atoms with van der Waals surface area (Å²) in [6.07, 6.45) is 5.60. The number of thiocarbonyl (C=S) groups is 1. The molecule has 1 unspecified atom stereocenters. The molecular formula is C19H29N3O2S. The number of hydrogen-bond donors (Lipinski definition) is 3. The first-order chi connectivity index (χ1) is 12.0. The lowest BCUT2D eigenvalue weighted by Gasteiger charge is -2.12. The van der Waals surface area contributed by atoms with E-state index in [0.717, 1.165) is 37.8 Å². The Hall–Kier alpha value is -1.95. The topological polar surface area (TPSA) is 70.2 Å². The summed E-state index contributed by atoms with van der Waals surface area (Å²) in [5, 5.41) is 8.83. The molecule has 0 bridgehead atoms. The number of nitrogens with one attached hydrogen (secondary N) is 3. The molecule has 1 atom stereocenters. The maximum atomic E-state index is 12.0. The van der Waals surface area contributed by atoms with Gasteiger partial charge in [0, 0.05) is 23.7 Å². The third kappa shape index (κ3) is 8.63. The molecule has 0 aliphatic rings. The van der Waals surface area contributed by atoms with Crippen molar-refractivity contribution in [1.82, 2.24) is 10.6 Å². The van der Waals surface area contributed by atoms with Crippen LogP contribution in [0.2, 0.25) is 0 Å². The zero-order valence-electron chi connectivity index (χ0n) is 15.4. The van der Waals surface area contributed by atoms with Gasteiger partial charge >= 0.3 is 0 Å². The van der Waals surface area contributed by atoms with Gasteiger partial charge in [-0.15, -0.1) is 0 Å². The van der Waals surface area contributed by atoms with Crippen molar-refractivity contribution in [2.45, 2.75) is 65.3 Å². The molecule has 1 rings (SSSR count). The predicted molar refractivity (Wildman–Crippen MR) is 107 cm³/mol. The number of unbranched alkanes of at least 4 members (excludes halogenated alkanes) is 3. The maximum Gasteiger partial charge on any atom is 0.251 e. The van der Waals surface area contributed by atoms with Crippen LogP contribution in [-0.4, -0.2) is 23.0 Å². The smallest absolute Gasteiger partial charge is 0.251 e. The van der Waals surface area contributed by atoms with Crippen LogP contribution in [0.25, 0.3) is 0 Å². The minimum Gasteiger partial charge on any atom is -0.350 e. The van der Waals surface area contributed by atoms with E-state index in [1.807, 2.05) is 13.8 Å². The first-order valence-electron chi connectivity index (χ1n) is 8.98. The van der Waals surface area contributed by atoms with Crippen molar-refractivity contribution in [3.05, 3.63) is 29.8 Å². The fourth-order valence-electron chi connectivity index (χ4n) is 2.18. The highest BCUT2D eigenvalue weighted by Crippen LogP contribution is 2.10. The second-order valence-corrected chi connectivity index (χ2v) is 6.58. The van der Waals surface area contributed by atoms with Crippen molar-refractivity contribution >= 4 is 34.8 Å². The average molecular weight is 364 g/mol. The fraction of sp³-hybridized carbons (Fsp3) is 0.526. The molecule has 0 heterocycles. The highest BCUT2D eigenvalue weighted by molar-refractivity contribution is 7.80. The molecule has 3 N–H and O–H groups in total. The van der Waals surface area contributed by atoms with E-state index in [9.17, 15) is 9.59 Å². The summed E-state index contributed by atoms with van der Waals surface area (Å²) in [7, 11) is 0. The Morgan fingerprint density at radius 3 is 2.36 bits per heavy atom. The molecule has 1 aromatic carbocycles. The van der Waals surface area contributed by atoms with E-state index in [1.54, 1.807) is 24.3 Å². The molecule has 1 aromatic rings. The van der Waals surface area contributed by atoms with Crippen LogP contribution < -0.4 is 16.0 Å². The summed E-state index contributed by atoms with van der Waals surface area (Å²) in [6.45, 7) is 6.13. The van der Waals surface area contributed by atoms with E-state index in [1.165, 1.54) is 0 Å². The molecular weight excluding hydrogens is 334 g/mol. The molecule has 5 nitrogen and oxygen atoms in total. The van der Waals surface area contributed by atoms with Crippen molar-refractivity contribution in [1.29, 1.82) is 0 Å². The Kier molecular flexibility index (Phi) is 9.77. The molecule has 0 spiro atoms. The monoisotopic (exact) mass is 363 g/mol. The van der Waals surface area contributed by atoms with Crippen molar-refractivity contribution in [2.24, 2.45) is 0 Å². The Balaban J connectivity index is 2.42. The molecule has 0 fully saturated rings. The molecule has 0 saturated heterocycles. The van der Waals surface area contributed by atoms with Crippen LogP contribution in [0.5, 0.6) is 0 Å². The lowest BCUT2D eigenvalue weighted by atomic mass is 10.1. The summed E-state index contributed by atoms with van der Waals surface area (Å²) < 4.78 is 0. The normalized spacial score (nSPS) is 11.5. The Morgan fingerprint density at radius 2 is 1.76 bits per heavy atom. The Morgan fingerprint density at radius 1 is 1.08 bits per heavy atom. The van der Waals surface area contributed by atoms with Crippen molar-refractivity contribution in [2.75, 3.05) is 5.32 Å². The lowest BCUT2D eigenvalue weighted by molar-refractivity contribution is -0.119. The molecule has 0 aromatic heterocycles. The van der Waals surface area contributed by atoms with Gasteiger partial charge in [-0.2, -0.15) is 0 Å². The fourth-order valence-corrected chi connectivity index (χ4v) is 2.41. The van der Waals surface area contributed by atoms with E-state index < -0.39 is 0 Å². The summed E-state index contributed by atoms with van der Waals surface area (Å²) >= 11 is 5.15. The Bertz CT molecular complexity index is 573. The van der Waals surface area contributed by atoms with Crippen molar-refractivity contribution in [3.8, 4) is 0 Å². The molecule has 138 valence electrons. The van der Waals surface area contributed by atoms with Gasteiger partial charge in [-0.25, -0.2) is 0 Å². The second-order valence-electron chi connectivity index (χ2n) is 6.17. The standard InChI is InChI=1S/C19H29N3O2S/c1-4-6-7-8-9-17(23)22-19(25)21-16-12-10-15(11-13-16)18(24)20-14(3)5-2/h10-14H,4-9H2,1-3H3,(H,20,24)(H2,21,22,23,25). The number of benzene rings is 1. The van der Waals surface area contributed by atoms with E-state index in [4.69, 9.17) is 12.2 Å². The van der Waals surface area contributed by atoms with Crippen LogP contribution in [-0.2, 0) is 4.79 Å². The molecule has 0 radical (unpaired) electrons. The van der Waals surface area contributed by atoms with Gasteiger partial charge in [0.2, 0.25) is 5.91 Å². The molecule has 6 heteroatoms. The molecule has 2 amide bonds. The van der Waals surface area contributed by atoms with Crippen LogP contribution in [0, 0.1) is 0 Å². The number of rotatable bonds is 9. The van der Waals surface area contributed by atoms with Gasteiger partial charge in [0.15, 0.2) is 5.11 Å². The van der Waals surface area contributed by atoms with Crippen LogP contribution in [0.3, 0.4) is 0 Å². The van der Waals surface area contributed by atoms with E-state index in [-0.39, 0.29) is 23.0 Å². The lowest BCUT2D eigenvalue weighted by Crippen LogP contribution is -2.34. The predicted octanol–water partition coefficient (Wildman–Crippen LogP) is 4.00. The Labute approximate surface area is 156 Å². The van der Waals surface area contributed by atoms with Crippen LogP contribution in [0.15, 0.2) is 24.3 Å². The van der Waals surface area contributed by atoms with Gasteiger partial charge in [0.25, 0.3) is 5.91 Å². The average Bonchev–Trinajstić information content (AvgIpc) is 2.59. The van der Waals surface area contributed by atoms with Crippen LogP contribution in [0.4, 0.5) is 5.69 Å². The van der Waals surface area contributed by atoms with Gasteiger partial charge in [0.1, 0.15) is 0 Å². The van der Waals surface area contributed by atoms with Gasteiger partial charge in [-0.3, -0.25) is 9.59 Å². The van der Waals surface area contributed by atoms with E-state index in [2.05, 4.69) is 22.9 Å². The molecule has 0 aliphatic carbocycles. The van der Waals surface area contributed by atoms with Gasteiger partial charge in [0.05, 0.1) is 0 Å². The van der Waals surface area contributed by atoms with Gasteiger partial charge < -0.3 is 16.0 Å². The SMILES string of the molecule is CCCCCCC(=O)NC(=S)Nc1ccc(C(=O)NC(C)CC)cc1. The zero-order chi connectivity index (χ0) is 18.7. The molecule has 0 saturated carbocycles.